The van der Waals surface area contributed by atoms with Crippen LogP contribution < -0.4 is 10.1 Å². The zero-order valence-corrected chi connectivity index (χ0v) is 17.6. The summed E-state index contributed by atoms with van der Waals surface area (Å²) in [5.41, 5.74) is 2.70. The Balaban J connectivity index is 1.61. The second-order valence-corrected chi connectivity index (χ2v) is 8.16. The number of nitrogens with one attached hydrogen (secondary N) is 1. The molecule has 0 fully saturated rings. The second kappa shape index (κ2) is 9.50. The van der Waals surface area contributed by atoms with Crippen LogP contribution in [0.25, 0.3) is 11.1 Å². The molecule has 1 amide bonds. The van der Waals surface area contributed by atoms with Crippen molar-refractivity contribution in [2.24, 2.45) is 0 Å². The highest BCUT2D eigenvalue weighted by Gasteiger charge is 2.10. The van der Waals surface area contributed by atoms with Crippen molar-refractivity contribution in [3.63, 3.8) is 0 Å². The Morgan fingerprint density at radius 2 is 1.60 bits per heavy atom. The van der Waals surface area contributed by atoms with Crippen LogP contribution in [0.2, 0.25) is 0 Å². The van der Waals surface area contributed by atoms with Crippen molar-refractivity contribution in [2.75, 3.05) is 34.2 Å². The molecule has 30 heavy (non-hydrogen) atoms. The number of carbonyl (C=O) groups excluding carboxylic acids is 1. The van der Waals surface area contributed by atoms with E-state index < -0.39 is 0 Å². The molecule has 2 aromatic carbocycles. The lowest BCUT2D eigenvalue weighted by Crippen LogP contribution is -2.42. The van der Waals surface area contributed by atoms with E-state index in [1.165, 1.54) is 12.1 Å². The van der Waals surface area contributed by atoms with Gasteiger partial charge in [0.15, 0.2) is 0 Å². The van der Waals surface area contributed by atoms with Crippen molar-refractivity contribution in [1.29, 1.82) is 0 Å². The minimum atomic E-state index is -0.298. The highest BCUT2D eigenvalue weighted by atomic mass is 19.1. The fourth-order valence-corrected chi connectivity index (χ4v) is 2.87. The predicted octanol–water partition coefficient (Wildman–Crippen LogP) is 4.04. The van der Waals surface area contributed by atoms with Gasteiger partial charge >= 0.3 is 0 Å². The quantitative estimate of drug-likeness (QED) is 0.572. The number of aromatic nitrogens is 1. The standard InChI is InChI=1S/C24H26FN3O2/c1-28(2,3)15-14-27-24(29)17-21-16-19(12-13-26-21)18-4-8-22(9-5-18)30-23-10-6-20(25)7-11-23/h4-13,16H,14-15,17H2,1-3H3/p+1. The molecule has 5 nitrogen and oxygen atoms in total. The number of amides is 1. The Bertz CT molecular complexity index is 981. The maximum atomic E-state index is 13.0. The molecule has 3 aromatic rings. The average Bonchev–Trinajstić information content (AvgIpc) is 2.69. The third-order valence-electron chi connectivity index (χ3n) is 4.50. The molecule has 6 heteroatoms. The fourth-order valence-electron chi connectivity index (χ4n) is 2.87. The number of hydrogen-bond donors (Lipinski definition) is 1. The normalized spacial score (nSPS) is 11.2. The van der Waals surface area contributed by atoms with Gasteiger partial charge in [-0.05, 0) is 59.7 Å². The number of quaternary nitrogens is 1. The highest BCUT2D eigenvalue weighted by molar-refractivity contribution is 5.78. The number of nitrogens with zero attached hydrogens (tertiary/aromatic N) is 2. The van der Waals surface area contributed by atoms with E-state index in [2.05, 4.69) is 31.4 Å². The predicted molar refractivity (Wildman–Crippen MR) is 116 cm³/mol. The molecule has 1 N–H and O–H groups in total. The molecule has 0 unspecified atom stereocenters. The SMILES string of the molecule is C[N+](C)(C)CCNC(=O)Cc1cc(-c2ccc(Oc3ccc(F)cc3)cc2)ccn1. The minimum Gasteiger partial charge on any atom is -0.457 e. The lowest BCUT2D eigenvalue weighted by atomic mass is 10.1. The first kappa shape index (κ1) is 21.5. The largest absolute Gasteiger partial charge is 0.457 e. The van der Waals surface area contributed by atoms with Gasteiger partial charge in [-0.2, -0.15) is 0 Å². The van der Waals surface area contributed by atoms with Gasteiger partial charge in [-0.15, -0.1) is 0 Å². The van der Waals surface area contributed by atoms with E-state index in [-0.39, 0.29) is 18.1 Å². The molecule has 0 saturated carbocycles. The Labute approximate surface area is 176 Å². The fraction of sp³-hybridized carbons (Fsp3) is 0.250. The van der Waals surface area contributed by atoms with Crippen LogP contribution in [0.5, 0.6) is 11.5 Å². The van der Waals surface area contributed by atoms with Gasteiger partial charge in [-0.25, -0.2) is 4.39 Å². The molecule has 0 spiro atoms. The van der Waals surface area contributed by atoms with E-state index in [1.54, 1.807) is 18.3 Å². The van der Waals surface area contributed by atoms with E-state index in [0.29, 0.717) is 18.0 Å². The number of benzene rings is 2. The molecule has 0 atom stereocenters. The van der Waals surface area contributed by atoms with Crippen molar-refractivity contribution in [2.45, 2.75) is 6.42 Å². The molecule has 1 heterocycles. The van der Waals surface area contributed by atoms with Crippen molar-refractivity contribution < 1.29 is 18.4 Å². The lowest BCUT2D eigenvalue weighted by molar-refractivity contribution is -0.869. The summed E-state index contributed by atoms with van der Waals surface area (Å²) in [6.07, 6.45) is 1.96. The van der Waals surface area contributed by atoms with Gasteiger partial charge in [0.05, 0.1) is 46.3 Å². The van der Waals surface area contributed by atoms with Gasteiger partial charge in [0.25, 0.3) is 0 Å². The van der Waals surface area contributed by atoms with Crippen LogP contribution in [0.4, 0.5) is 4.39 Å². The first-order chi connectivity index (χ1) is 14.3. The Hall–Kier alpha value is -3.25. The third kappa shape index (κ3) is 6.67. The third-order valence-corrected chi connectivity index (χ3v) is 4.50. The van der Waals surface area contributed by atoms with Gasteiger partial charge in [-0.3, -0.25) is 9.78 Å². The molecular formula is C24H27FN3O2+. The number of likely N-dealkylation sites (N-methyl/N-ethyl adjacent to an activating group) is 1. The molecule has 1 aromatic heterocycles. The summed E-state index contributed by atoms with van der Waals surface area (Å²) in [5.74, 6) is 0.910. The van der Waals surface area contributed by atoms with E-state index in [0.717, 1.165) is 27.8 Å². The monoisotopic (exact) mass is 408 g/mol. The van der Waals surface area contributed by atoms with Gasteiger partial charge in [0.1, 0.15) is 17.3 Å². The molecule has 0 radical (unpaired) electrons. The van der Waals surface area contributed by atoms with Gasteiger partial charge < -0.3 is 14.5 Å². The van der Waals surface area contributed by atoms with E-state index in [9.17, 15) is 9.18 Å². The van der Waals surface area contributed by atoms with Crippen LogP contribution >= 0.6 is 0 Å². The topological polar surface area (TPSA) is 51.2 Å². The van der Waals surface area contributed by atoms with Crippen molar-refractivity contribution in [3.05, 3.63) is 78.4 Å². The van der Waals surface area contributed by atoms with E-state index >= 15 is 0 Å². The van der Waals surface area contributed by atoms with Crippen molar-refractivity contribution in [1.82, 2.24) is 10.3 Å². The number of hydrogen-bond acceptors (Lipinski definition) is 3. The molecule has 0 saturated heterocycles. The van der Waals surface area contributed by atoms with Crippen LogP contribution in [0.15, 0.2) is 66.9 Å². The Kier molecular flexibility index (Phi) is 6.79. The maximum Gasteiger partial charge on any atom is 0.226 e. The Morgan fingerprint density at radius 1 is 0.967 bits per heavy atom. The maximum absolute atomic E-state index is 13.0. The van der Waals surface area contributed by atoms with Crippen LogP contribution in [0.1, 0.15) is 5.69 Å². The molecule has 0 aliphatic heterocycles. The zero-order valence-electron chi connectivity index (χ0n) is 17.6. The number of halogens is 1. The van der Waals surface area contributed by atoms with Crippen LogP contribution in [0, 0.1) is 5.82 Å². The van der Waals surface area contributed by atoms with Crippen LogP contribution in [-0.2, 0) is 11.2 Å². The lowest BCUT2D eigenvalue weighted by Gasteiger charge is -2.23. The van der Waals surface area contributed by atoms with Crippen molar-refractivity contribution in [3.8, 4) is 22.6 Å². The summed E-state index contributed by atoms with van der Waals surface area (Å²) in [7, 11) is 6.27. The first-order valence-corrected chi connectivity index (χ1v) is 9.84. The molecule has 156 valence electrons. The molecular weight excluding hydrogens is 381 g/mol. The van der Waals surface area contributed by atoms with Crippen LogP contribution in [0.3, 0.4) is 0 Å². The average molecular weight is 408 g/mol. The summed E-state index contributed by atoms with van der Waals surface area (Å²) in [5, 5.41) is 2.95. The Morgan fingerprint density at radius 3 is 2.23 bits per heavy atom. The number of ether oxygens (including phenoxy) is 1. The summed E-state index contributed by atoms with van der Waals surface area (Å²) in [6, 6.07) is 17.3. The molecule has 0 bridgehead atoms. The minimum absolute atomic E-state index is 0.0313. The summed E-state index contributed by atoms with van der Waals surface area (Å²) >= 11 is 0. The molecule has 0 aliphatic carbocycles. The first-order valence-electron chi connectivity index (χ1n) is 9.84. The summed E-state index contributed by atoms with van der Waals surface area (Å²) < 4.78 is 19.5. The van der Waals surface area contributed by atoms with E-state index in [1.807, 2.05) is 36.4 Å². The van der Waals surface area contributed by atoms with Crippen LogP contribution in [-0.4, -0.2) is 49.6 Å². The van der Waals surface area contributed by atoms with Gasteiger partial charge in [0, 0.05) is 6.20 Å². The smallest absolute Gasteiger partial charge is 0.226 e. The number of pyridine rings is 1. The number of carbonyl (C=O) groups is 1. The second-order valence-electron chi connectivity index (χ2n) is 8.16. The van der Waals surface area contributed by atoms with Gasteiger partial charge in [-0.1, -0.05) is 12.1 Å². The summed E-state index contributed by atoms with van der Waals surface area (Å²) in [6.45, 7) is 1.50. The highest BCUT2D eigenvalue weighted by Crippen LogP contribution is 2.26. The molecule has 0 aliphatic rings. The van der Waals surface area contributed by atoms with E-state index in [4.69, 9.17) is 4.74 Å². The molecule has 3 rings (SSSR count). The summed E-state index contributed by atoms with van der Waals surface area (Å²) in [4.78, 5) is 16.5. The van der Waals surface area contributed by atoms with Gasteiger partial charge in [0.2, 0.25) is 5.91 Å². The number of rotatable bonds is 8. The zero-order chi connectivity index (χ0) is 21.6. The van der Waals surface area contributed by atoms with Crippen molar-refractivity contribution >= 4 is 5.91 Å².